The number of nitrogens with one attached hydrogen (secondary N) is 1. The summed E-state index contributed by atoms with van der Waals surface area (Å²) in [7, 11) is -2.00. The zero-order valence-electron chi connectivity index (χ0n) is 20.1. The summed E-state index contributed by atoms with van der Waals surface area (Å²) in [5, 5.41) is 0. The van der Waals surface area contributed by atoms with E-state index in [-0.39, 0.29) is 18.3 Å². The van der Waals surface area contributed by atoms with Gasteiger partial charge in [-0.1, -0.05) is 26.0 Å². The van der Waals surface area contributed by atoms with Crippen molar-refractivity contribution < 1.29 is 22.7 Å². The van der Waals surface area contributed by atoms with E-state index < -0.39 is 15.4 Å². The number of hydrogen-bond acceptors (Lipinski definition) is 5. The molecule has 180 valence electrons. The normalized spacial score (nSPS) is 15.6. The number of fused-ring (bicyclic) bond motifs is 1. The van der Waals surface area contributed by atoms with Gasteiger partial charge in [-0.25, -0.2) is 8.42 Å². The molecule has 2 aromatic carbocycles. The molecular weight excluding hydrogens is 440 g/mol. The van der Waals surface area contributed by atoms with Gasteiger partial charge in [-0.15, -0.1) is 0 Å². The van der Waals surface area contributed by atoms with Crippen molar-refractivity contribution in [3.05, 3.63) is 48.0 Å². The molecule has 2 aromatic rings. The Balaban J connectivity index is 1.79. The number of sulfonamides is 1. The minimum Gasteiger partial charge on any atom is -0.497 e. The van der Waals surface area contributed by atoms with Crippen LogP contribution < -0.4 is 19.1 Å². The Morgan fingerprint density at radius 3 is 2.48 bits per heavy atom. The van der Waals surface area contributed by atoms with Gasteiger partial charge in [-0.3, -0.25) is 9.52 Å². The van der Waals surface area contributed by atoms with Crippen LogP contribution in [0.2, 0.25) is 0 Å². The lowest BCUT2D eigenvalue weighted by molar-refractivity contribution is -0.127. The fraction of sp³-hybridized carbons (Fsp3) is 0.480. The van der Waals surface area contributed by atoms with Crippen molar-refractivity contribution in [2.75, 3.05) is 35.6 Å². The minimum absolute atomic E-state index is 0.0265. The number of amides is 1. The van der Waals surface area contributed by atoms with Crippen LogP contribution in [0.4, 0.5) is 11.4 Å². The van der Waals surface area contributed by atoms with Crippen LogP contribution in [0.15, 0.2) is 42.5 Å². The summed E-state index contributed by atoms with van der Waals surface area (Å²) in [6.45, 7) is 8.77. The van der Waals surface area contributed by atoms with Crippen LogP contribution in [-0.2, 0) is 21.2 Å². The van der Waals surface area contributed by atoms with Crippen molar-refractivity contribution in [2.45, 2.75) is 40.5 Å². The largest absolute Gasteiger partial charge is 0.497 e. The van der Waals surface area contributed by atoms with Gasteiger partial charge in [0.05, 0.1) is 29.7 Å². The first-order chi connectivity index (χ1) is 15.5. The van der Waals surface area contributed by atoms with E-state index in [4.69, 9.17) is 9.47 Å². The maximum Gasteiger partial charge on any atom is 0.236 e. The van der Waals surface area contributed by atoms with E-state index in [1.165, 1.54) is 0 Å². The predicted octanol–water partition coefficient (Wildman–Crippen LogP) is 4.48. The highest BCUT2D eigenvalue weighted by molar-refractivity contribution is 7.92. The zero-order chi connectivity index (χ0) is 24.2. The molecule has 1 aliphatic heterocycles. The average molecular weight is 475 g/mol. The summed E-state index contributed by atoms with van der Waals surface area (Å²) >= 11 is 0. The summed E-state index contributed by atoms with van der Waals surface area (Å²) in [5.74, 6) is 1.65. The second kappa shape index (κ2) is 10.0. The third-order valence-electron chi connectivity index (χ3n) is 5.68. The number of rotatable bonds is 9. The molecule has 0 bridgehead atoms. The van der Waals surface area contributed by atoms with Gasteiger partial charge in [0, 0.05) is 6.54 Å². The number of anilines is 2. The number of nitrogens with zero attached hydrogens (tertiary/aromatic N) is 1. The van der Waals surface area contributed by atoms with Crippen LogP contribution in [0.25, 0.3) is 0 Å². The van der Waals surface area contributed by atoms with Crippen molar-refractivity contribution >= 4 is 27.3 Å². The van der Waals surface area contributed by atoms with E-state index in [2.05, 4.69) is 18.6 Å². The monoisotopic (exact) mass is 474 g/mol. The number of methoxy groups -OCH3 is 1. The van der Waals surface area contributed by atoms with E-state index in [1.807, 2.05) is 38.1 Å². The predicted molar refractivity (Wildman–Crippen MR) is 132 cm³/mol. The number of hydrogen-bond donors (Lipinski definition) is 1. The summed E-state index contributed by atoms with van der Waals surface area (Å²) in [6.07, 6.45) is 1.21. The molecular formula is C25H34N2O5S. The zero-order valence-corrected chi connectivity index (χ0v) is 20.9. The van der Waals surface area contributed by atoms with Gasteiger partial charge in [-0.05, 0) is 68.5 Å². The summed E-state index contributed by atoms with van der Waals surface area (Å²) in [5.41, 5.74) is 1.24. The molecule has 0 saturated carbocycles. The molecule has 0 fully saturated rings. The third-order valence-corrected chi connectivity index (χ3v) is 6.97. The van der Waals surface area contributed by atoms with E-state index in [0.29, 0.717) is 36.0 Å². The molecule has 3 rings (SSSR count). The first-order valence-corrected chi connectivity index (χ1v) is 12.9. The fourth-order valence-corrected chi connectivity index (χ4v) is 4.69. The van der Waals surface area contributed by atoms with E-state index in [9.17, 15) is 13.2 Å². The van der Waals surface area contributed by atoms with Crippen LogP contribution in [0.3, 0.4) is 0 Å². The molecule has 0 radical (unpaired) electrons. The Morgan fingerprint density at radius 1 is 1.15 bits per heavy atom. The van der Waals surface area contributed by atoms with Gasteiger partial charge in [0.1, 0.15) is 18.1 Å². The molecule has 8 heteroatoms. The Labute approximate surface area is 197 Å². The molecule has 1 amide bonds. The summed E-state index contributed by atoms with van der Waals surface area (Å²) in [4.78, 5) is 15.0. The van der Waals surface area contributed by atoms with E-state index in [1.54, 1.807) is 30.2 Å². The van der Waals surface area contributed by atoms with Crippen LogP contribution in [-0.4, -0.2) is 40.3 Å². The van der Waals surface area contributed by atoms with Crippen molar-refractivity contribution in [1.82, 2.24) is 0 Å². The molecule has 1 heterocycles. The number of benzene rings is 2. The number of carbonyl (C=O) groups is 1. The summed E-state index contributed by atoms with van der Waals surface area (Å²) < 4.78 is 39.2. The van der Waals surface area contributed by atoms with E-state index in [0.717, 1.165) is 17.7 Å². The van der Waals surface area contributed by atoms with Gasteiger partial charge >= 0.3 is 0 Å². The first kappa shape index (κ1) is 24.9. The Kier molecular flexibility index (Phi) is 7.57. The first-order valence-electron chi connectivity index (χ1n) is 11.2. The van der Waals surface area contributed by atoms with Gasteiger partial charge in [-0.2, -0.15) is 0 Å². The molecule has 1 aliphatic rings. The topological polar surface area (TPSA) is 84.9 Å². The SMILES string of the molecule is COc1ccc(CCS(=O)(=O)Nc2ccc3c(c2)N(CCC(C)C)C(=O)C(C)(C)CO3)cc1. The van der Waals surface area contributed by atoms with Crippen LogP contribution in [0, 0.1) is 11.3 Å². The Hall–Kier alpha value is -2.74. The van der Waals surface area contributed by atoms with Crippen LogP contribution in [0.5, 0.6) is 11.5 Å². The smallest absolute Gasteiger partial charge is 0.236 e. The van der Waals surface area contributed by atoms with Gasteiger partial charge in [0.25, 0.3) is 0 Å². The Bertz CT molecular complexity index is 1080. The molecule has 7 nitrogen and oxygen atoms in total. The highest BCUT2D eigenvalue weighted by atomic mass is 32.2. The molecule has 0 atom stereocenters. The highest BCUT2D eigenvalue weighted by Gasteiger charge is 2.37. The lowest BCUT2D eigenvalue weighted by Crippen LogP contribution is -2.42. The fourth-order valence-electron chi connectivity index (χ4n) is 3.59. The molecule has 1 N–H and O–H groups in total. The van der Waals surface area contributed by atoms with Crippen molar-refractivity contribution in [3.63, 3.8) is 0 Å². The lowest BCUT2D eigenvalue weighted by atomic mass is 9.92. The van der Waals surface area contributed by atoms with Gasteiger partial charge in [0.2, 0.25) is 15.9 Å². The van der Waals surface area contributed by atoms with Crippen LogP contribution >= 0.6 is 0 Å². The molecule has 0 aliphatic carbocycles. The summed E-state index contributed by atoms with van der Waals surface area (Å²) in [6, 6.07) is 12.4. The van der Waals surface area contributed by atoms with Gasteiger partial charge < -0.3 is 14.4 Å². The maximum atomic E-state index is 13.2. The molecule has 33 heavy (non-hydrogen) atoms. The molecule has 0 saturated heterocycles. The van der Waals surface area contributed by atoms with Gasteiger partial charge in [0.15, 0.2) is 0 Å². The van der Waals surface area contributed by atoms with E-state index >= 15 is 0 Å². The highest BCUT2D eigenvalue weighted by Crippen LogP contribution is 2.38. The van der Waals surface area contributed by atoms with Crippen molar-refractivity contribution in [1.29, 1.82) is 0 Å². The van der Waals surface area contributed by atoms with Crippen molar-refractivity contribution in [2.24, 2.45) is 11.3 Å². The quantitative estimate of drug-likeness (QED) is 0.579. The number of aryl methyl sites for hydroxylation is 1. The van der Waals surface area contributed by atoms with Crippen LogP contribution in [0.1, 0.15) is 39.7 Å². The molecule has 0 aromatic heterocycles. The Morgan fingerprint density at radius 2 is 1.85 bits per heavy atom. The minimum atomic E-state index is -3.59. The molecule has 0 spiro atoms. The number of carbonyl (C=O) groups excluding carboxylic acids is 1. The second-order valence-electron chi connectivity index (χ2n) is 9.51. The third kappa shape index (κ3) is 6.41. The average Bonchev–Trinajstić information content (AvgIpc) is 2.85. The van der Waals surface area contributed by atoms with Crippen molar-refractivity contribution in [3.8, 4) is 11.5 Å². The lowest BCUT2D eigenvalue weighted by Gasteiger charge is -2.28. The molecule has 0 unspecified atom stereocenters. The standard InChI is InChI=1S/C25H34N2O5S/c1-18(2)12-14-27-22-16-20(8-11-23(22)32-17-25(3,4)24(27)28)26-33(29,30)15-13-19-6-9-21(31-5)10-7-19/h6-11,16,18,26H,12-15,17H2,1-5H3. The number of ether oxygens (including phenoxy) is 2. The second-order valence-corrected chi connectivity index (χ2v) is 11.4. The maximum absolute atomic E-state index is 13.2.